The van der Waals surface area contributed by atoms with Crippen molar-refractivity contribution in [3.05, 3.63) is 60.2 Å². The number of hydrogen-bond acceptors (Lipinski definition) is 6. The maximum Gasteiger partial charge on any atom is 0.163 e. The molecule has 0 aliphatic carbocycles. The second-order valence-electron chi connectivity index (χ2n) is 6.08. The Kier molecular flexibility index (Phi) is 6.22. The molecule has 2 N–H and O–H groups in total. The Hall–Kier alpha value is -3.12. The van der Waals surface area contributed by atoms with Crippen LogP contribution in [0.1, 0.15) is 5.56 Å². The average molecular weight is 364 g/mol. The second kappa shape index (κ2) is 9.00. The van der Waals surface area contributed by atoms with E-state index in [-0.39, 0.29) is 0 Å². The fourth-order valence-corrected chi connectivity index (χ4v) is 2.66. The zero-order chi connectivity index (χ0) is 19.1. The molecule has 3 aromatic rings. The van der Waals surface area contributed by atoms with Gasteiger partial charge in [-0.1, -0.05) is 36.4 Å². The van der Waals surface area contributed by atoms with Crippen molar-refractivity contribution in [2.24, 2.45) is 0 Å². The zero-order valence-electron chi connectivity index (χ0n) is 15.8. The number of benzene rings is 2. The predicted octanol–water partition coefficient (Wildman–Crippen LogP) is 4.26. The first kappa shape index (κ1) is 18.7. The molecule has 0 atom stereocenters. The van der Waals surface area contributed by atoms with Crippen molar-refractivity contribution < 1.29 is 9.47 Å². The number of rotatable bonds is 8. The minimum atomic E-state index is 0.596. The molecule has 140 valence electrons. The highest BCUT2D eigenvalue weighted by Gasteiger charge is 2.10. The van der Waals surface area contributed by atoms with E-state index in [9.17, 15) is 0 Å². The maximum atomic E-state index is 5.46. The Bertz CT molecular complexity index is 885. The summed E-state index contributed by atoms with van der Waals surface area (Å²) in [4.78, 5) is 9.31. The SMILES string of the molecule is COCCNc1cc(Nc2cc(C)ccc2OC)nc(-c2ccccc2)n1. The van der Waals surface area contributed by atoms with Gasteiger partial charge in [0.05, 0.1) is 19.4 Å². The summed E-state index contributed by atoms with van der Waals surface area (Å²) in [6.07, 6.45) is 0. The van der Waals surface area contributed by atoms with Crippen LogP contribution >= 0.6 is 0 Å². The van der Waals surface area contributed by atoms with Crippen molar-refractivity contribution in [2.45, 2.75) is 6.92 Å². The molecule has 27 heavy (non-hydrogen) atoms. The summed E-state index contributed by atoms with van der Waals surface area (Å²) < 4.78 is 10.6. The molecule has 0 saturated heterocycles. The van der Waals surface area contributed by atoms with Crippen molar-refractivity contribution >= 4 is 17.3 Å². The molecule has 1 aromatic heterocycles. The van der Waals surface area contributed by atoms with Gasteiger partial charge in [-0.05, 0) is 24.6 Å². The Morgan fingerprint density at radius 3 is 2.44 bits per heavy atom. The standard InChI is InChI=1S/C21H24N4O2/c1-15-9-10-18(27-3)17(13-15)23-20-14-19(22-11-12-26-2)24-21(25-20)16-7-5-4-6-8-16/h4-10,13-14H,11-12H2,1-3H3,(H2,22,23,24,25). The third-order valence-corrected chi connectivity index (χ3v) is 3.99. The number of nitrogens with zero attached hydrogens (tertiary/aromatic N) is 2. The largest absolute Gasteiger partial charge is 0.495 e. The summed E-state index contributed by atoms with van der Waals surface area (Å²) >= 11 is 0. The lowest BCUT2D eigenvalue weighted by Crippen LogP contribution is -2.10. The van der Waals surface area contributed by atoms with Gasteiger partial charge in [-0.2, -0.15) is 0 Å². The smallest absolute Gasteiger partial charge is 0.163 e. The van der Waals surface area contributed by atoms with Crippen LogP contribution in [0.2, 0.25) is 0 Å². The van der Waals surface area contributed by atoms with Gasteiger partial charge in [-0.25, -0.2) is 9.97 Å². The van der Waals surface area contributed by atoms with Crippen LogP contribution in [0.25, 0.3) is 11.4 Å². The van der Waals surface area contributed by atoms with E-state index in [0.29, 0.717) is 24.8 Å². The Morgan fingerprint density at radius 1 is 0.926 bits per heavy atom. The van der Waals surface area contributed by atoms with Gasteiger partial charge in [-0.3, -0.25) is 0 Å². The van der Waals surface area contributed by atoms with Gasteiger partial charge < -0.3 is 20.1 Å². The lowest BCUT2D eigenvalue weighted by molar-refractivity contribution is 0.210. The van der Waals surface area contributed by atoms with E-state index in [1.54, 1.807) is 14.2 Å². The number of aromatic nitrogens is 2. The van der Waals surface area contributed by atoms with Crippen LogP contribution in [-0.4, -0.2) is 37.3 Å². The van der Waals surface area contributed by atoms with Crippen molar-refractivity contribution in [1.29, 1.82) is 0 Å². The van der Waals surface area contributed by atoms with E-state index in [0.717, 1.165) is 28.4 Å². The molecule has 6 nitrogen and oxygen atoms in total. The molecule has 0 unspecified atom stereocenters. The normalized spacial score (nSPS) is 10.5. The number of hydrogen-bond donors (Lipinski definition) is 2. The van der Waals surface area contributed by atoms with E-state index < -0.39 is 0 Å². The van der Waals surface area contributed by atoms with Crippen LogP contribution in [-0.2, 0) is 4.74 Å². The first-order valence-electron chi connectivity index (χ1n) is 8.78. The van der Waals surface area contributed by atoms with E-state index in [4.69, 9.17) is 9.47 Å². The Morgan fingerprint density at radius 2 is 1.70 bits per heavy atom. The van der Waals surface area contributed by atoms with Gasteiger partial charge in [-0.15, -0.1) is 0 Å². The van der Waals surface area contributed by atoms with Gasteiger partial charge >= 0.3 is 0 Å². The number of nitrogens with one attached hydrogen (secondary N) is 2. The molecule has 0 aliphatic rings. The second-order valence-corrected chi connectivity index (χ2v) is 6.08. The highest BCUT2D eigenvalue weighted by molar-refractivity contribution is 5.69. The van der Waals surface area contributed by atoms with Crippen LogP contribution < -0.4 is 15.4 Å². The van der Waals surface area contributed by atoms with E-state index >= 15 is 0 Å². The fourth-order valence-electron chi connectivity index (χ4n) is 2.66. The fraction of sp³-hybridized carbons (Fsp3) is 0.238. The molecule has 2 aromatic carbocycles. The van der Waals surface area contributed by atoms with Gasteiger partial charge in [0.25, 0.3) is 0 Å². The van der Waals surface area contributed by atoms with E-state index in [1.807, 2.05) is 61.5 Å². The Labute approximate surface area is 159 Å². The summed E-state index contributed by atoms with van der Waals surface area (Å²) in [5, 5.41) is 6.63. The summed E-state index contributed by atoms with van der Waals surface area (Å²) in [6, 6.07) is 17.8. The minimum absolute atomic E-state index is 0.596. The number of aryl methyl sites for hydroxylation is 1. The maximum absolute atomic E-state index is 5.46. The summed E-state index contributed by atoms with van der Waals surface area (Å²) in [7, 11) is 3.33. The van der Waals surface area contributed by atoms with E-state index in [2.05, 4.69) is 20.6 Å². The quantitative estimate of drug-likeness (QED) is 0.582. The zero-order valence-corrected chi connectivity index (χ0v) is 15.8. The van der Waals surface area contributed by atoms with Crippen LogP contribution in [0.15, 0.2) is 54.6 Å². The number of ether oxygens (including phenoxy) is 2. The molecule has 1 heterocycles. The summed E-state index contributed by atoms with van der Waals surface area (Å²) in [5.41, 5.74) is 2.94. The van der Waals surface area contributed by atoms with Crippen LogP contribution in [0.3, 0.4) is 0 Å². The Balaban J connectivity index is 1.96. The topological polar surface area (TPSA) is 68.3 Å². The molecule has 0 fully saturated rings. The van der Waals surface area contributed by atoms with E-state index in [1.165, 1.54) is 0 Å². The van der Waals surface area contributed by atoms with Crippen molar-refractivity contribution in [3.8, 4) is 17.1 Å². The molecule has 0 bridgehead atoms. The molecule has 0 amide bonds. The molecule has 0 aliphatic heterocycles. The summed E-state index contributed by atoms with van der Waals surface area (Å²) in [6.45, 7) is 3.30. The lowest BCUT2D eigenvalue weighted by Gasteiger charge is -2.14. The van der Waals surface area contributed by atoms with Gasteiger partial charge in [0.1, 0.15) is 17.4 Å². The lowest BCUT2D eigenvalue weighted by atomic mass is 10.2. The first-order chi connectivity index (χ1) is 13.2. The number of methoxy groups -OCH3 is 2. The van der Waals surface area contributed by atoms with Crippen LogP contribution in [0, 0.1) is 6.92 Å². The van der Waals surface area contributed by atoms with Gasteiger partial charge in [0.15, 0.2) is 5.82 Å². The molecule has 3 rings (SSSR count). The minimum Gasteiger partial charge on any atom is -0.495 e. The first-order valence-corrected chi connectivity index (χ1v) is 8.78. The molecule has 0 radical (unpaired) electrons. The van der Waals surface area contributed by atoms with Crippen molar-refractivity contribution in [3.63, 3.8) is 0 Å². The monoisotopic (exact) mass is 364 g/mol. The molecular formula is C21H24N4O2. The van der Waals surface area contributed by atoms with Gasteiger partial charge in [0, 0.05) is 25.3 Å². The molecular weight excluding hydrogens is 340 g/mol. The predicted molar refractivity (Wildman–Crippen MR) is 109 cm³/mol. The summed E-state index contributed by atoms with van der Waals surface area (Å²) in [5.74, 6) is 2.82. The molecule has 6 heteroatoms. The van der Waals surface area contributed by atoms with Crippen molar-refractivity contribution in [2.75, 3.05) is 38.0 Å². The van der Waals surface area contributed by atoms with Crippen molar-refractivity contribution in [1.82, 2.24) is 9.97 Å². The molecule has 0 saturated carbocycles. The third kappa shape index (κ3) is 4.95. The van der Waals surface area contributed by atoms with Crippen LogP contribution in [0.5, 0.6) is 5.75 Å². The third-order valence-electron chi connectivity index (χ3n) is 3.99. The van der Waals surface area contributed by atoms with Crippen LogP contribution in [0.4, 0.5) is 17.3 Å². The van der Waals surface area contributed by atoms with Gasteiger partial charge in [0.2, 0.25) is 0 Å². The average Bonchev–Trinajstić information content (AvgIpc) is 2.69. The highest BCUT2D eigenvalue weighted by Crippen LogP contribution is 2.29. The number of anilines is 3. The molecule has 0 spiro atoms. The highest BCUT2D eigenvalue weighted by atomic mass is 16.5.